The molecule has 0 radical (unpaired) electrons. The fourth-order valence-corrected chi connectivity index (χ4v) is 5.24. The van der Waals surface area contributed by atoms with E-state index in [2.05, 4.69) is 0 Å². The number of carbonyl (C=O) groups excluding carboxylic acids is 1. The Bertz CT molecular complexity index is 1720. The molecule has 7 nitrogen and oxygen atoms in total. The number of benzene rings is 3. The summed E-state index contributed by atoms with van der Waals surface area (Å²) in [6, 6.07) is 20.7. The lowest BCUT2D eigenvalue weighted by atomic mass is 10.1. The van der Waals surface area contributed by atoms with E-state index < -0.39 is 11.9 Å². The fourth-order valence-electron chi connectivity index (χ4n) is 5.24. The lowest BCUT2D eigenvalue weighted by Crippen LogP contribution is -2.42. The number of amides is 1. The van der Waals surface area contributed by atoms with Gasteiger partial charge in [-0.2, -0.15) is 0 Å². The summed E-state index contributed by atoms with van der Waals surface area (Å²) in [4.78, 5) is 34.7. The van der Waals surface area contributed by atoms with Gasteiger partial charge in [0.1, 0.15) is 22.7 Å². The van der Waals surface area contributed by atoms with Crippen molar-refractivity contribution in [3.63, 3.8) is 0 Å². The van der Waals surface area contributed by atoms with E-state index in [0.717, 1.165) is 24.0 Å². The molecule has 0 bridgehead atoms. The average Bonchev–Trinajstić information content (AvgIpc) is 3.72. The largest absolute Gasteiger partial charge is 0.448 e. The monoisotopic (exact) mass is 524 g/mol. The highest BCUT2D eigenvalue weighted by Crippen LogP contribution is 2.45. The SMILES string of the molecule is Cc1ccc(C(=O)N(CCN)[C@@H](c2nc3c(oc4ccc(F)cc43)c(=O)n2Cc2ccccc2)C2CC2)cc1. The standard InChI is InChI=1S/C31H29FN4O3/c1-19-7-9-22(10-8-19)30(37)35(16-15-33)27(21-11-12-21)29-34-26-24-17-23(32)13-14-25(24)39-28(26)31(38)36(29)18-20-5-3-2-4-6-20/h2-10,13-14,17,21,27H,11-12,15-16,18,33H2,1H3/t27-/m1/s1. The molecule has 0 unspecified atom stereocenters. The first-order chi connectivity index (χ1) is 18.9. The van der Waals surface area contributed by atoms with Crippen LogP contribution in [0.15, 0.2) is 82.0 Å². The molecule has 1 fully saturated rings. The zero-order valence-electron chi connectivity index (χ0n) is 21.6. The maximum absolute atomic E-state index is 14.2. The van der Waals surface area contributed by atoms with Gasteiger partial charge in [-0.3, -0.25) is 14.2 Å². The van der Waals surface area contributed by atoms with E-state index in [1.165, 1.54) is 18.2 Å². The van der Waals surface area contributed by atoms with Crippen molar-refractivity contribution >= 4 is 28.0 Å². The zero-order valence-corrected chi connectivity index (χ0v) is 21.6. The molecule has 1 aliphatic rings. The van der Waals surface area contributed by atoms with Gasteiger partial charge in [-0.05, 0) is 61.6 Å². The van der Waals surface area contributed by atoms with Crippen molar-refractivity contribution in [2.24, 2.45) is 11.7 Å². The molecule has 2 heterocycles. The van der Waals surface area contributed by atoms with Crippen LogP contribution >= 0.6 is 0 Å². The molecule has 6 rings (SSSR count). The van der Waals surface area contributed by atoms with Gasteiger partial charge in [-0.25, -0.2) is 9.37 Å². The molecule has 1 saturated carbocycles. The number of rotatable bonds is 8. The number of aryl methyl sites for hydroxylation is 1. The summed E-state index contributed by atoms with van der Waals surface area (Å²) in [5.74, 6) is -0.0342. The molecule has 0 saturated heterocycles. The van der Waals surface area contributed by atoms with Crippen molar-refractivity contribution in [1.82, 2.24) is 14.5 Å². The van der Waals surface area contributed by atoms with E-state index in [0.29, 0.717) is 34.4 Å². The molecule has 39 heavy (non-hydrogen) atoms. The second kappa shape index (κ2) is 10.1. The van der Waals surface area contributed by atoms with E-state index in [4.69, 9.17) is 15.1 Å². The quantitative estimate of drug-likeness (QED) is 0.302. The maximum atomic E-state index is 14.2. The fraction of sp³-hybridized carbons (Fsp3) is 0.258. The molecule has 198 valence electrons. The normalized spacial score (nSPS) is 14.1. The highest BCUT2D eigenvalue weighted by atomic mass is 19.1. The third kappa shape index (κ3) is 4.72. The van der Waals surface area contributed by atoms with Gasteiger partial charge in [-0.1, -0.05) is 48.0 Å². The Morgan fingerprint density at radius 2 is 1.87 bits per heavy atom. The molecule has 1 aliphatic carbocycles. The van der Waals surface area contributed by atoms with E-state index in [-0.39, 0.29) is 36.1 Å². The summed E-state index contributed by atoms with van der Waals surface area (Å²) in [6.07, 6.45) is 1.79. The van der Waals surface area contributed by atoms with Gasteiger partial charge in [0.2, 0.25) is 5.58 Å². The number of furan rings is 1. The number of hydrogen-bond donors (Lipinski definition) is 1. The van der Waals surface area contributed by atoms with Crippen molar-refractivity contribution in [3.8, 4) is 0 Å². The number of carbonyl (C=O) groups is 1. The molecule has 5 aromatic rings. The first-order valence-electron chi connectivity index (χ1n) is 13.2. The minimum absolute atomic E-state index is 0.0695. The van der Waals surface area contributed by atoms with Crippen molar-refractivity contribution in [2.75, 3.05) is 13.1 Å². The third-order valence-electron chi connectivity index (χ3n) is 7.35. The highest BCUT2D eigenvalue weighted by Gasteiger charge is 2.41. The third-order valence-corrected chi connectivity index (χ3v) is 7.35. The molecule has 3 aromatic carbocycles. The summed E-state index contributed by atoms with van der Waals surface area (Å²) < 4.78 is 21.7. The van der Waals surface area contributed by atoms with Crippen LogP contribution in [0.4, 0.5) is 4.39 Å². The summed E-state index contributed by atoms with van der Waals surface area (Å²) in [5.41, 5.74) is 8.93. The zero-order chi connectivity index (χ0) is 27.1. The lowest BCUT2D eigenvalue weighted by molar-refractivity contribution is 0.0643. The van der Waals surface area contributed by atoms with Gasteiger partial charge in [-0.15, -0.1) is 0 Å². The molecular formula is C31H29FN4O3. The number of nitrogens with zero attached hydrogens (tertiary/aromatic N) is 3. The van der Waals surface area contributed by atoms with Crippen LogP contribution in [0, 0.1) is 18.7 Å². The van der Waals surface area contributed by atoms with Crippen LogP contribution in [-0.2, 0) is 6.54 Å². The second-order valence-electron chi connectivity index (χ2n) is 10.2. The first kappa shape index (κ1) is 25.0. The van der Waals surface area contributed by atoms with Crippen LogP contribution in [0.2, 0.25) is 0 Å². The van der Waals surface area contributed by atoms with Gasteiger partial charge < -0.3 is 15.1 Å². The molecule has 8 heteroatoms. The molecule has 0 aliphatic heterocycles. The van der Waals surface area contributed by atoms with E-state index in [1.54, 1.807) is 9.47 Å². The van der Waals surface area contributed by atoms with Crippen LogP contribution in [0.3, 0.4) is 0 Å². The highest BCUT2D eigenvalue weighted by molar-refractivity contribution is 6.02. The molecule has 2 aromatic heterocycles. The summed E-state index contributed by atoms with van der Waals surface area (Å²) in [6.45, 7) is 2.78. The van der Waals surface area contributed by atoms with Gasteiger partial charge in [0.15, 0.2) is 0 Å². The van der Waals surface area contributed by atoms with E-state index >= 15 is 0 Å². The van der Waals surface area contributed by atoms with Crippen LogP contribution in [0.25, 0.3) is 22.1 Å². The smallest absolute Gasteiger partial charge is 0.297 e. The molecule has 2 N–H and O–H groups in total. The minimum atomic E-state index is -0.485. The lowest BCUT2D eigenvalue weighted by Gasteiger charge is -2.33. The topological polar surface area (TPSA) is 94.4 Å². The maximum Gasteiger partial charge on any atom is 0.297 e. The molecule has 1 atom stereocenters. The van der Waals surface area contributed by atoms with Crippen molar-refractivity contribution in [3.05, 3.63) is 111 Å². The summed E-state index contributed by atoms with van der Waals surface area (Å²) in [5, 5.41) is 0.431. The molecule has 0 spiro atoms. The molecular weight excluding hydrogens is 495 g/mol. The Hall–Kier alpha value is -4.30. The average molecular weight is 525 g/mol. The van der Waals surface area contributed by atoms with E-state index in [1.807, 2.05) is 61.5 Å². The van der Waals surface area contributed by atoms with Crippen LogP contribution < -0.4 is 11.3 Å². The van der Waals surface area contributed by atoms with Gasteiger partial charge in [0.05, 0.1) is 12.6 Å². The minimum Gasteiger partial charge on any atom is -0.448 e. The van der Waals surface area contributed by atoms with Crippen molar-refractivity contribution in [2.45, 2.75) is 32.4 Å². The van der Waals surface area contributed by atoms with Crippen LogP contribution in [0.5, 0.6) is 0 Å². The summed E-state index contributed by atoms with van der Waals surface area (Å²) >= 11 is 0. The Balaban J connectivity index is 1.58. The Labute approximate surface area is 224 Å². The van der Waals surface area contributed by atoms with Gasteiger partial charge in [0, 0.05) is 24.0 Å². The molecule has 1 amide bonds. The van der Waals surface area contributed by atoms with Crippen molar-refractivity contribution < 1.29 is 13.6 Å². The Morgan fingerprint density at radius 3 is 2.56 bits per heavy atom. The Morgan fingerprint density at radius 1 is 1.13 bits per heavy atom. The Kier molecular flexibility index (Phi) is 6.48. The van der Waals surface area contributed by atoms with Crippen molar-refractivity contribution in [1.29, 1.82) is 0 Å². The predicted octanol–water partition coefficient (Wildman–Crippen LogP) is 5.19. The number of nitrogens with two attached hydrogens (primary N) is 1. The van der Waals surface area contributed by atoms with E-state index in [9.17, 15) is 14.0 Å². The van der Waals surface area contributed by atoms with Crippen LogP contribution in [-0.4, -0.2) is 33.4 Å². The number of fused-ring (bicyclic) bond motifs is 3. The number of hydrogen-bond acceptors (Lipinski definition) is 5. The van der Waals surface area contributed by atoms with Crippen LogP contribution in [0.1, 0.15) is 46.2 Å². The second-order valence-corrected chi connectivity index (χ2v) is 10.2. The van der Waals surface area contributed by atoms with Gasteiger partial charge >= 0.3 is 0 Å². The number of aromatic nitrogens is 2. The number of halogens is 1. The first-order valence-corrected chi connectivity index (χ1v) is 13.2. The van der Waals surface area contributed by atoms with Gasteiger partial charge in [0.25, 0.3) is 11.5 Å². The predicted molar refractivity (Wildman–Crippen MR) is 148 cm³/mol. The summed E-state index contributed by atoms with van der Waals surface area (Å²) in [7, 11) is 0.